The van der Waals surface area contributed by atoms with Gasteiger partial charge in [-0.1, -0.05) is 0 Å². The molecule has 6 nitrogen and oxygen atoms in total. The standard InChI is InChI=1S/C11H12BrNO5S/c12-10-2-1-8(7-9(10)11(14)15)19(16,17)13-3-5-18-6-4-13/h1-2,7H,3-6H2,(H,14,15). The predicted octanol–water partition coefficient (Wildman–Crippen LogP) is 1.17. The number of aromatic carboxylic acids is 1. The summed E-state index contributed by atoms with van der Waals surface area (Å²) in [6.45, 7) is 1.25. The van der Waals surface area contributed by atoms with Crippen molar-refractivity contribution in [2.45, 2.75) is 4.90 Å². The summed E-state index contributed by atoms with van der Waals surface area (Å²) in [5.41, 5.74) is -0.0747. The number of hydrogen-bond acceptors (Lipinski definition) is 4. The van der Waals surface area contributed by atoms with Crippen LogP contribution in [0.4, 0.5) is 0 Å². The van der Waals surface area contributed by atoms with Crippen LogP contribution in [-0.2, 0) is 14.8 Å². The summed E-state index contributed by atoms with van der Waals surface area (Å²) in [4.78, 5) is 11.0. The molecule has 1 aliphatic rings. The lowest BCUT2D eigenvalue weighted by atomic mass is 10.2. The number of morpholine rings is 1. The Balaban J connectivity index is 2.40. The maximum Gasteiger partial charge on any atom is 0.336 e. The number of halogens is 1. The van der Waals surface area contributed by atoms with Crippen LogP contribution in [0, 0.1) is 0 Å². The molecule has 0 spiro atoms. The number of ether oxygens (including phenoxy) is 1. The first-order valence-corrected chi connectivity index (χ1v) is 7.77. The number of carboxylic acids is 1. The van der Waals surface area contributed by atoms with E-state index in [0.29, 0.717) is 17.7 Å². The second kappa shape index (κ2) is 5.58. The van der Waals surface area contributed by atoms with Crippen LogP contribution in [0.5, 0.6) is 0 Å². The molecule has 0 radical (unpaired) electrons. The molecule has 1 N–H and O–H groups in total. The number of hydrogen-bond donors (Lipinski definition) is 1. The van der Waals surface area contributed by atoms with Crippen molar-refractivity contribution in [1.29, 1.82) is 0 Å². The van der Waals surface area contributed by atoms with Gasteiger partial charge in [-0.15, -0.1) is 0 Å². The molecule has 1 aromatic carbocycles. The molecule has 0 amide bonds. The Kier molecular flexibility index (Phi) is 4.24. The Morgan fingerprint density at radius 2 is 1.95 bits per heavy atom. The third-order valence-corrected chi connectivity index (χ3v) is 5.36. The van der Waals surface area contributed by atoms with Crippen LogP contribution in [0.2, 0.25) is 0 Å². The first kappa shape index (κ1) is 14.4. The molecule has 19 heavy (non-hydrogen) atoms. The van der Waals surface area contributed by atoms with Gasteiger partial charge in [-0.05, 0) is 34.1 Å². The Morgan fingerprint density at radius 3 is 2.53 bits per heavy atom. The van der Waals surface area contributed by atoms with Crippen LogP contribution in [0.15, 0.2) is 27.6 Å². The van der Waals surface area contributed by atoms with E-state index in [2.05, 4.69) is 15.9 Å². The van der Waals surface area contributed by atoms with Crippen LogP contribution < -0.4 is 0 Å². The number of nitrogens with zero attached hydrogens (tertiary/aromatic N) is 1. The van der Waals surface area contributed by atoms with E-state index in [0.717, 1.165) is 6.07 Å². The van der Waals surface area contributed by atoms with Crippen molar-refractivity contribution in [3.63, 3.8) is 0 Å². The topological polar surface area (TPSA) is 83.9 Å². The van der Waals surface area contributed by atoms with Gasteiger partial charge in [0.1, 0.15) is 0 Å². The molecule has 0 saturated carbocycles. The summed E-state index contributed by atoms with van der Waals surface area (Å²) in [5.74, 6) is -1.18. The molecular formula is C11H12BrNO5S. The number of sulfonamides is 1. The SMILES string of the molecule is O=C(O)c1cc(S(=O)(=O)N2CCOCC2)ccc1Br. The van der Waals surface area contributed by atoms with Crippen molar-refractivity contribution in [3.05, 3.63) is 28.2 Å². The smallest absolute Gasteiger partial charge is 0.336 e. The van der Waals surface area contributed by atoms with E-state index in [1.54, 1.807) is 0 Å². The van der Waals surface area contributed by atoms with E-state index in [4.69, 9.17) is 9.84 Å². The molecule has 1 saturated heterocycles. The average Bonchev–Trinajstić information content (AvgIpc) is 2.39. The highest BCUT2D eigenvalue weighted by Gasteiger charge is 2.27. The lowest BCUT2D eigenvalue weighted by Crippen LogP contribution is -2.40. The first-order chi connectivity index (χ1) is 8.93. The maximum absolute atomic E-state index is 12.3. The molecule has 1 heterocycles. The van der Waals surface area contributed by atoms with Gasteiger partial charge in [0.25, 0.3) is 0 Å². The van der Waals surface area contributed by atoms with Gasteiger partial charge < -0.3 is 9.84 Å². The monoisotopic (exact) mass is 349 g/mol. The molecule has 0 unspecified atom stereocenters. The number of rotatable bonds is 3. The van der Waals surface area contributed by atoms with Gasteiger partial charge in [0.15, 0.2) is 0 Å². The minimum atomic E-state index is -3.67. The summed E-state index contributed by atoms with van der Waals surface area (Å²) < 4.78 is 31.4. The van der Waals surface area contributed by atoms with E-state index in [1.807, 2.05) is 0 Å². The largest absolute Gasteiger partial charge is 0.478 e. The molecule has 0 bridgehead atoms. The fraction of sp³-hybridized carbons (Fsp3) is 0.364. The summed E-state index contributed by atoms with van der Waals surface area (Å²) in [6.07, 6.45) is 0. The third kappa shape index (κ3) is 2.97. The zero-order valence-corrected chi connectivity index (χ0v) is 12.3. The van der Waals surface area contributed by atoms with Crippen LogP contribution in [0.25, 0.3) is 0 Å². The molecule has 104 valence electrons. The third-order valence-electron chi connectivity index (χ3n) is 2.78. The minimum absolute atomic E-state index is 0.0185. The fourth-order valence-corrected chi connectivity index (χ4v) is 3.62. The average molecular weight is 350 g/mol. The lowest BCUT2D eigenvalue weighted by Gasteiger charge is -2.26. The summed E-state index contributed by atoms with van der Waals surface area (Å²) in [5, 5.41) is 9.01. The van der Waals surface area contributed by atoms with Crippen LogP contribution in [0.1, 0.15) is 10.4 Å². The Hall–Kier alpha value is -0.960. The van der Waals surface area contributed by atoms with Crippen LogP contribution in [-0.4, -0.2) is 50.1 Å². The summed E-state index contributed by atoms with van der Waals surface area (Å²) >= 11 is 3.08. The normalized spacial score (nSPS) is 17.3. The van der Waals surface area contributed by atoms with Gasteiger partial charge in [-0.2, -0.15) is 4.31 Å². The zero-order chi connectivity index (χ0) is 14.0. The lowest BCUT2D eigenvalue weighted by molar-refractivity contribution is 0.0695. The van der Waals surface area contributed by atoms with Crippen molar-refractivity contribution >= 4 is 31.9 Å². The van der Waals surface area contributed by atoms with Gasteiger partial charge in [0.2, 0.25) is 10.0 Å². The van der Waals surface area contributed by atoms with E-state index in [1.165, 1.54) is 16.4 Å². The number of carbonyl (C=O) groups is 1. The highest BCUT2D eigenvalue weighted by Crippen LogP contribution is 2.23. The second-order valence-corrected chi connectivity index (χ2v) is 6.76. The minimum Gasteiger partial charge on any atom is -0.478 e. The van der Waals surface area contributed by atoms with Crippen LogP contribution >= 0.6 is 15.9 Å². The highest BCUT2D eigenvalue weighted by atomic mass is 79.9. The quantitative estimate of drug-likeness (QED) is 0.885. The van der Waals surface area contributed by atoms with Gasteiger partial charge in [0.05, 0.1) is 23.7 Å². The van der Waals surface area contributed by atoms with Crippen molar-refractivity contribution in [3.8, 4) is 0 Å². The number of benzene rings is 1. The Labute approximate surface area is 119 Å². The number of carboxylic acid groups (broad SMARTS) is 1. The predicted molar refractivity (Wildman–Crippen MR) is 70.7 cm³/mol. The summed E-state index contributed by atoms with van der Waals surface area (Å²) in [7, 11) is -3.67. The van der Waals surface area contributed by atoms with Gasteiger partial charge in [-0.25, -0.2) is 13.2 Å². The molecule has 0 atom stereocenters. The van der Waals surface area contributed by atoms with E-state index in [-0.39, 0.29) is 23.5 Å². The van der Waals surface area contributed by atoms with Crippen molar-refractivity contribution in [2.24, 2.45) is 0 Å². The van der Waals surface area contributed by atoms with Crippen LogP contribution in [0.3, 0.4) is 0 Å². The van der Waals surface area contributed by atoms with E-state index >= 15 is 0 Å². The van der Waals surface area contributed by atoms with E-state index < -0.39 is 16.0 Å². The van der Waals surface area contributed by atoms with Crippen molar-refractivity contribution in [1.82, 2.24) is 4.31 Å². The summed E-state index contributed by atoms with van der Waals surface area (Å²) in [6, 6.07) is 3.98. The molecule has 1 aliphatic heterocycles. The van der Waals surface area contributed by atoms with Gasteiger partial charge in [-0.3, -0.25) is 0 Å². The highest BCUT2D eigenvalue weighted by molar-refractivity contribution is 9.10. The fourth-order valence-electron chi connectivity index (χ4n) is 1.76. The first-order valence-electron chi connectivity index (χ1n) is 5.53. The Morgan fingerprint density at radius 1 is 1.32 bits per heavy atom. The molecule has 0 aliphatic carbocycles. The molecule has 0 aromatic heterocycles. The van der Waals surface area contributed by atoms with Crippen molar-refractivity contribution in [2.75, 3.05) is 26.3 Å². The molecule has 1 aromatic rings. The van der Waals surface area contributed by atoms with Gasteiger partial charge >= 0.3 is 5.97 Å². The molecule has 1 fully saturated rings. The maximum atomic E-state index is 12.3. The zero-order valence-electron chi connectivity index (χ0n) is 9.87. The van der Waals surface area contributed by atoms with E-state index in [9.17, 15) is 13.2 Å². The van der Waals surface area contributed by atoms with Crippen molar-refractivity contribution < 1.29 is 23.1 Å². The Bertz CT molecular complexity index is 595. The molecular weight excluding hydrogens is 338 g/mol. The second-order valence-electron chi connectivity index (χ2n) is 3.96. The molecule has 8 heteroatoms. The molecule has 2 rings (SSSR count). The van der Waals surface area contributed by atoms with Gasteiger partial charge in [0, 0.05) is 17.6 Å².